The van der Waals surface area contributed by atoms with Crippen LogP contribution < -0.4 is 5.73 Å². The van der Waals surface area contributed by atoms with E-state index < -0.39 is 0 Å². The van der Waals surface area contributed by atoms with E-state index >= 15 is 0 Å². The van der Waals surface area contributed by atoms with Crippen molar-refractivity contribution in [1.82, 2.24) is 4.90 Å². The molecule has 1 saturated heterocycles. The van der Waals surface area contributed by atoms with Gasteiger partial charge in [0.25, 0.3) is 0 Å². The molecule has 1 aliphatic rings. The molecule has 1 unspecified atom stereocenters. The van der Waals surface area contributed by atoms with E-state index in [-0.39, 0.29) is 5.54 Å². The van der Waals surface area contributed by atoms with Gasteiger partial charge >= 0.3 is 0 Å². The van der Waals surface area contributed by atoms with E-state index in [1.165, 1.54) is 38.8 Å². The molecule has 0 amide bonds. The summed E-state index contributed by atoms with van der Waals surface area (Å²) in [5, 5.41) is 0.768. The number of likely N-dealkylation sites (tertiary alicyclic amines) is 1. The van der Waals surface area contributed by atoms with E-state index in [0.717, 1.165) is 17.1 Å². The van der Waals surface area contributed by atoms with Gasteiger partial charge in [-0.2, -0.15) is 0 Å². The summed E-state index contributed by atoms with van der Waals surface area (Å²) in [7, 11) is 0. The lowest BCUT2D eigenvalue weighted by Gasteiger charge is -2.32. The Morgan fingerprint density at radius 1 is 1.11 bits per heavy atom. The summed E-state index contributed by atoms with van der Waals surface area (Å²) < 4.78 is 0. The molecule has 3 heteroatoms. The van der Waals surface area contributed by atoms with Gasteiger partial charge in [0.1, 0.15) is 0 Å². The fourth-order valence-electron chi connectivity index (χ4n) is 2.68. The highest BCUT2D eigenvalue weighted by atomic mass is 35.5. The number of rotatable bonds is 3. The van der Waals surface area contributed by atoms with Crippen LogP contribution in [-0.2, 0) is 5.54 Å². The first-order valence-electron chi connectivity index (χ1n) is 6.85. The third-order valence-electron chi connectivity index (χ3n) is 3.75. The third kappa shape index (κ3) is 3.71. The summed E-state index contributed by atoms with van der Waals surface area (Å²) in [6.45, 7) is 5.40. The van der Waals surface area contributed by atoms with E-state index in [0.29, 0.717) is 0 Å². The standard InChI is InChI=1S/C15H23ClN2/c1-15(17,13-6-8-14(16)9-7-13)12-18-10-4-2-3-5-11-18/h6-9H,2-5,10-12,17H2,1H3. The Labute approximate surface area is 115 Å². The predicted octanol–water partition coefficient (Wildman–Crippen LogP) is 3.39. The summed E-state index contributed by atoms with van der Waals surface area (Å²) in [5.41, 5.74) is 7.35. The Kier molecular flexibility index (Phi) is 4.66. The highest BCUT2D eigenvalue weighted by Gasteiger charge is 2.24. The van der Waals surface area contributed by atoms with Crippen molar-refractivity contribution >= 4 is 11.6 Å². The fraction of sp³-hybridized carbons (Fsp3) is 0.600. The number of hydrogen-bond acceptors (Lipinski definition) is 2. The fourth-order valence-corrected chi connectivity index (χ4v) is 2.81. The van der Waals surface area contributed by atoms with Crippen LogP contribution in [0.2, 0.25) is 5.02 Å². The molecule has 2 rings (SSSR count). The van der Waals surface area contributed by atoms with Crippen LogP contribution in [0, 0.1) is 0 Å². The van der Waals surface area contributed by atoms with Gasteiger partial charge in [0.2, 0.25) is 0 Å². The lowest BCUT2D eigenvalue weighted by atomic mass is 9.92. The van der Waals surface area contributed by atoms with Gasteiger partial charge in [-0.15, -0.1) is 0 Å². The van der Waals surface area contributed by atoms with Crippen LogP contribution >= 0.6 is 11.6 Å². The Balaban J connectivity index is 2.03. The number of hydrogen-bond donors (Lipinski definition) is 1. The molecule has 0 aromatic heterocycles. The van der Waals surface area contributed by atoms with E-state index in [4.69, 9.17) is 17.3 Å². The van der Waals surface area contributed by atoms with Gasteiger partial charge in [0.05, 0.1) is 5.54 Å². The van der Waals surface area contributed by atoms with Gasteiger partial charge in [-0.3, -0.25) is 0 Å². The first-order chi connectivity index (χ1) is 8.58. The minimum atomic E-state index is -0.297. The maximum absolute atomic E-state index is 6.49. The van der Waals surface area contributed by atoms with Crippen molar-refractivity contribution in [2.75, 3.05) is 19.6 Å². The molecule has 18 heavy (non-hydrogen) atoms. The second-order valence-corrected chi connectivity index (χ2v) is 6.05. The quantitative estimate of drug-likeness (QED) is 0.909. The van der Waals surface area contributed by atoms with Crippen LogP contribution in [0.5, 0.6) is 0 Å². The molecule has 1 fully saturated rings. The summed E-state index contributed by atoms with van der Waals surface area (Å²) >= 11 is 5.92. The van der Waals surface area contributed by atoms with Crippen molar-refractivity contribution in [1.29, 1.82) is 0 Å². The molecular formula is C15H23ClN2. The van der Waals surface area contributed by atoms with Crippen molar-refractivity contribution in [3.63, 3.8) is 0 Å². The summed E-state index contributed by atoms with van der Waals surface area (Å²) in [4.78, 5) is 2.50. The van der Waals surface area contributed by atoms with Crippen LogP contribution in [0.1, 0.15) is 38.2 Å². The van der Waals surface area contributed by atoms with Crippen molar-refractivity contribution in [3.05, 3.63) is 34.9 Å². The molecule has 100 valence electrons. The average molecular weight is 267 g/mol. The molecule has 0 bridgehead atoms. The minimum Gasteiger partial charge on any atom is -0.321 e. The van der Waals surface area contributed by atoms with E-state index in [9.17, 15) is 0 Å². The molecule has 0 radical (unpaired) electrons. The zero-order valence-corrected chi connectivity index (χ0v) is 11.9. The molecule has 1 atom stereocenters. The first-order valence-corrected chi connectivity index (χ1v) is 7.23. The highest BCUT2D eigenvalue weighted by Crippen LogP contribution is 2.22. The molecule has 1 aliphatic heterocycles. The Morgan fingerprint density at radius 2 is 1.67 bits per heavy atom. The lowest BCUT2D eigenvalue weighted by Crippen LogP contribution is -2.45. The van der Waals surface area contributed by atoms with Crippen LogP contribution in [0.15, 0.2) is 24.3 Å². The molecule has 0 aliphatic carbocycles. The maximum atomic E-state index is 6.49. The first kappa shape index (κ1) is 13.9. The van der Waals surface area contributed by atoms with Gasteiger partial charge in [-0.05, 0) is 50.6 Å². The van der Waals surface area contributed by atoms with Gasteiger partial charge in [-0.25, -0.2) is 0 Å². The van der Waals surface area contributed by atoms with Gasteiger partial charge < -0.3 is 10.6 Å². The smallest absolute Gasteiger partial charge is 0.0509 e. The van der Waals surface area contributed by atoms with Crippen LogP contribution in [0.3, 0.4) is 0 Å². The molecule has 0 spiro atoms. The van der Waals surface area contributed by atoms with Gasteiger partial charge in [-0.1, -0.05) is 36.6 Å². The van der Waals surface area contributed by atoms with E-state index in [2.05, 4.69) is 11.8 Å². The molecule has 1 aromatic carbocycles. The molecular weight excluding hydrogens is 244 g/mol. The lowest BCUT2D eigenvalue weighted by molar-refractivity contribution is 0.225. The monoisotopic (exact) mass is 266 g/mol. The Hall–Kier alpha value is -0.570. The van der Waals surface area contributed by atoms with Crippen LogP contribution in [0.25, 0.3) is 0 Å². The Bertz CT molecular complexity index is 365. The van der Waals surface area contributed by atoms with Crippen molar-refractivity contribution < 1.29 is 0 Å². The van der Waals surface area contributed by atoms with Crippen LogP contribution in [-0.4, -0.2) is 24.5 Å². The number of halogens is 1. The van der Waals surface area contributed by atoms with Gasteiger partial charge in [0, 0.05) is 11.6 Å². The highest BCUT2D eigenvalue weighted by molar-refractivity contribution is 6.30. The second-order valence-electron chi connectivity index (χ2n) is 5.61. The summed E-state index contributed by atoms with van der Waals surface area (Å²) in [5.74, 6) is 0. The second kappa shape index (κ2) is 6.05. The number of nitrogens with two attached hydrogens (primary N) is 1. The SMILES string of the molecule is CC(N)(CN1CCCCCC1)c1ccc(Cl)cc1. The summed E-state index contributed by atoms with van der Waals surface area (Å²) in [6.07, 6.45) is 5.32. The molecule has 1 heterocycles. The van der Waals surface area contributed by atoms with E-state index in [1.54, 1.807) is 0 Å². The van der Waals surface area contributed by atoms with Crippen LogP contribution in [0.4, 0.5) is 0 Å². The molecule has 2 N–H and O–H groups in total. The minimum absolute atomic E-state index is 0.297. The van der Waals surface area contributed by atoms with E-state index in [1.807, 2.05) is 24.3 Å². The third-order valence-corrected chi connectivity index (χ3v) is 4.01. The normalized spacial score (nSPS) is 21.3. The maximum Gasteiger partial charge on any atom is 0.0509 e. The summed E-state index contributed by atoms with van der Waals surface area (Å²) in [6, 6.07) is 7.93. The Morgan fingerprint density at radius 3 is 2.22 bits per heavy atom. The average Bonchev–Trinajstić information content (AvgIpc) is 2.57. The molecule has 0 saturated carbocycles. The predicted molar refractivity (Wildman–Crippen MR) is 77.9 cm³/mol. The number of benzene rings is 1. The molecule has 2 nitrogen and oxygen atoms in total. The topological polar surface area (TPSA) is 29.3 Å². The molecule has 1 aromatic rings. The zero-order chi connectivity index (χ0) is 13.0. The number of nitrogens with zero attached hydrogens (tertiary/aromatic N) is 1. The van der Waals surface area contributed by atoms with Gasteiger partial charge in [0.15, 0.2) is 0 Å². The van der Waals surface area contributed by atoms with Crippen molar-refractivity contribution in [3.8, 4) is 0 Å². The largest absolute Gasteiger partial charge is 0.321 e. The van der Waals surface area contributed by atoms with Crippen molar-refractivity contribution in [2.45, 2.75) is 38.1 Å². The van der Waals surface area contributed by atoms with Crippen molar-refractivity contribution in [2.24, 2.45) is 5.73 Å². The zero-order valence-electron chi connectivity index (χ0n) is 11.2.